The Morgan fingerprint density at radius 3 is 2.75 bits per heavy atom. The Morgan fingerprint density at radius 2 is 2.12 bits per heavy atom. The van der Waals surface area contributed by atoms with E-state index in [4.69, 9.17) is 4.74 Å². The van der Waals surface area contributed by atoms with E-state index >= 15 is 0 Å². The third kappa shape index (κ3) is 2.67. The lowest BCUT2D eigenvalue weighted by molar-refractivity contribution is 0.115. The number of hydrogen-bond donors (Lipinski definition) is 1. The fourth-order valence-corrected chi connectivity index (χ4v) is 1.98. The highest BCUT2D eigenvalue weighted by Gasteiger charge is 2.21. The second-order valence-electron chi connectivity index (χ2n) is 3.98. The van der Waals surface area contributed by atoms with Gasteiger partial charge in [0.25, 0.3) is 0 Å². The predicted octanol–water partition coefficient (Wildman–Crippen LogP) is 2.90. The van der Waals surface area contributed by atoms with Crippen LogP contribution in [0, 0.1) is 13.8 Å². The molecule has 4 heteroatoms. The van der Waals surface area contributed by atoms with Crippen molar-refractivity contribution < 1.29 is 9.53 Å². The highest BCUT2D eigenvalue weighted by Crippen LogP contribution is 2.23. The van der Waals surface area contributed by atoms with Gasteiger partial charge in [0.1, 0.15) is 0 Å². The third-order valence-electron chi connectivity index (χ3n) is 2.73. The Balaban J connectivity index is 0.00000128. The number of cyclic esters (lactones) is 1. The van der Waals surface area contributed by atoms with Crippen LogP contribution in [-0.2, 0) is 4.74 Å². The Labute approximate surface area is 102 Å². The van der Waals surface area contributed by atoms with Crippen molar-refractivity contribution in [3.63, 3.8) is 0 Å². The summed E-state index contributed by atoms with van der Waals surface area (Å²) >= 11 is 0. The highest BCUT2D eigenvalue weighted by molar-refractivity contribution is 5.85. The summed E-state index contributed by atoms with van der Waals surface area (Å²) in [6.07, 6.45) is 0.529. The number of rotatable bonds is 1. The van der Waals surface area contributed by atoms with E-state index in [2.05, 4.69) is 37.4 Å². The molecule has 1 aliphatic rings. The van der Waals surface area contributed by atoms with Crippen molar-refractivity contribution in [1.29, 1.82) is 0 Å². The van der Waals surface area contributed by atoms with Crippen LogP contribution in [0.5, 0.6) is 0 Å². The molecule has 2 rings (SSSR count). The minimum Gasteiger partial charge on any atom is -0.449 e. The Bertz CT molecular complexity index is 393. The lowest BCUT2D eigenvalue weighted by Gasteiger charge is -2.25. The van der Waals surface area contributed by atoms with Gasteiger partial charge >= 0.3 is 6.09 Å². The normalized spacial score (nSPS) is 19.4. The SMILES string of the molecule is Cc1ccc([C@@H]2CCOC(=O)N2)c(C)c1.Cl. The first-order valence-electron chi connectivity index (χ1n) is 5.17. The van der Waals surface area contributed by atoms with E-state index in [0.717, 1.165) is 6.42 Å². The predicted molar refractivity (Wildman–Crippen MR) is 65.0 cm³/mol. The average Bonchev–Trinajstić information content (AvgIpc) is 2.17. The summed E-state index contributed by atoms with van der Waals surface area (Å²) in [5, 5.41) is 2.83. The Kier molecular flexibility index (Phi) is 4.19. The van der Waals surface area contributed by atoms with Gasteiger partial charge in [0, 0.05) is 6.42 Å². The van der Waals surface area contributed by atoms with Gasteiger partial charge in [-0.2, -0.15) is 0 Å². The molecule has 0 unspecified atom stereocenters. The quantitative estimate of drug-likeness (QED) is 0.821. The van der Waals surface area contributed by atoms with Crippen LogP contribution in [0.15, 0.2) is 18.2 Å². The van der Waals surface area contributed by atoms with E-state index in [-0.39, 0.29) is 24.5 Å². The molecule has 1 aliphatic heterocycles. The number of amides is 1. The average molecular weight is 242 g/mol. The molecule has 0 aromatic heterocycles. The number of alkyl carbamates (subject to hydrolysis) is 1. The minimum absolute atomic E-state index is 0. The molecule has 88 valence electrons. The molecule has 0 radical (unpaired) electrons. The largest absolute Gasteiger partial charge is 0.449 e. The maximum atomic E-state index is 11.1. The maximum absolute atomic E-state index is 11.1. The lowest BCUT2D eigenvalue weighted by Crippen LogP contribution is -2.35. The Hall–Kier alpha value is -1.22. The maximum Gasteiger partial charge on any atom is 0.407 e. The van der Waals surface area contributed by atoms with Gasteiger partial charge in [-0.3, -0.25) is 0 Å². The zero-order chi connectivity index (χ0) is 10.8. The molecule has 0 aliphatic carbocycles. The van der Waals surface area contributed by atoms with Gasteiger partial charge in [-0.15, -0.1) is 12.4 Å². The van der Waals surface area contributed by atoms with Crippen molar-refractivity contribution in [3.05, 3.63) is 34.9 Å². The molecular formula is C12H16ClNO2. The Morgan fingerprint density at radius 1 is 1.38 bits per heavy atom. The molecule has 3 nitrogen and oxygen atoms in total. The topological polar surface area (TPSA) is 38.3 Å². The van der Waals surface area contributed by atoms with E-state index < -0.39 is 0 Å². The summed E-state index contributed by atoms with van der Waals surface area (Å²) in [5.74, 6) is 0. The molecule has 1 atom stereocenters. The van der Waals surface area contributed by atoms with Gasteiger partial charge in [-0.1, -0.05) is 23.8 Å². The number of ether oxygens (including phenoxy) is 1. The number of aryl methyl sites for hydroxylation is 2. The first-order chi connectivity index (χ1) is 7.16. The van der Waals surface area contributed by atoms with Crippen molar-refractivity contribution in [3.8, 4) is 0 Å². The van der Waals surface area contributed by atoms with Gasteiger partial charge < -0.3 is 10.1 Å². The molecule has 0 spiro atoms. The van der Waals surface area contributed by atoms with Crippen molar-refractivity contribution >= 4 is 18.5 Å². The number of halogens is 1. The number of benzene rings is 1. The second-order valence-corrected chi connectivity index (χ2v) is 3.98. The molecule has 1 aromatic rings. The van der Waals surface area contributed by atoms with Gasteiger partial charge in [0.2, 0.25) is 0 Å². The summed E-state index contributed by atoms with van der Waals surface area (Å²) in [4.78, 5) is 11.1. The zero-order valence-corrected chi connectivity index (χ0v) is 10.3. The smallest absolute Gasteiger partial charge is 0.407 e. The second kappa shape index (κ2) is 5.21. The first kappa shape index (κ1) is 12.8. The van der Waals surface area contributed by atoms with Gasteiger partial charge in [0.15, 0.2) is 0 Å². The molecule has 1 saturated heterocycles. The van der Waals surface area contributed by atoms with E-state index in [1.54, 1.807) is 0 Å². The van der Waals surface area contributed by atoms with Crippen molar-refractivity contribution in [2.75, 3.05) is 6.61 Å². The molecule has 1 N–H and O–H groups in total. The van der Waals surface area contributed by atoms with Crippen LogP contribution < -0.4 is 5.32 Å². The fraction of sp³-hybridized carbons (Fsp3) is 0.417. The van der Waals surface area contributed by atoms with Gasteiger partial charge in [-0.05, 0) is 25.0 Å². The van der Waals surface area contributed by atoms with Crippen molar-refractivity contribution in [2.45, 2.75) is 26.3 Å². The number of carbonyl (C=O) groups excluding carboxylic acids is 1. The van der Waals surface area contributed by atoms with E-state index in [1.807, 2.05) is 0 Å². The molecule has 1 aromatic carbocycles. The number of carbonyl (C=O) groups is 1. The monoisotopic (exact) mass is 241 g/mol. The molecule has 1 heterocycles. The van der Waals surface area contributed by atoms with Crippen LogP contribution in [0.3, 0.4) is 0 Å². The molecule has 1 amide bonds. The van der Waals surface area contributed by atoms with Crippen molar-refractivity contribution in [1.82, 2.24) is 5.32 Å². The summed E-state index contributed by atoms with van der Waals surface area (Å²) in [6, 6.07) is 6.40. The van der Waals surface area contributed by atoms with Crippen LogP contribution in [0.4, 0.5) is 4.79 Å². The summed E-state index contributed by atoms with van der Waals surface area (Å²) in [6.45, 7) is 4.65. The van der Waals surface area contributed by atoms with Crippen LogP contribution >= 0.6 is 12.4 Å². The number of nitrogens with one attached hydrogen (secondary N) is 1. The van der Waals surface area contributed by atoms with Crippen LogP contribution in [0.2, 0.25) is 0 Å². The van der Waals surface area contributed by atoms with E-state index in [9.17, 15) is 4.79 Å². The van der Waals surface area contributed by atoms with Gasteiger partial charge in [-0.25, -0.2) is 4.79 Å². The summed E-state index contributed by atoms with van der Waals surface area (Å²) in [7, 11) is 0. The lowest BCUT2D eigenvalue weighted by atomic mass is 9.97. The van der Waals surface area contributed by atoms with E-state index in [0.29, 0.717) is 6.61 Å². The van der Waals surface area contributed by atoms with Gasteiger partial charge in [0.05, 0.1) is 12.6 Å². The molecule has 1 fully saturated rings. The molecule has 0 saturated carbocycles. The first-order valence-corrected chi connectivity index (χ1v) is 5.17. The summed E-state index contributed by atoms with van der Waals surface area (Å²) in [5.41, 5.74) is 3.66. The third-order valence-corrected chi connectivity index (χ3v) is 2.73. The molecule has 16 heavy (non-hydrogen) atoms. The van der Waals surface area contributed by atoms with Crippen LogP contribution in [0.25, 0.3) is 0 Å². The standard InChI is InChI=1S/C12H15NO2.ClH/c1-8-3-4-10(9(2)7-8)11-5-6-15-12(14)13-11;/h3-4,7,11H,5-6H2,1-2H3,(H,13,14);1H/t11-;/m0./s1. The molecule has 0 bridgehead atoms. The fourth-order valence-electron chi connectivity index (χ4n) is 1.98. The van der Waals surface area contributed by atoms with Crippen LogP contribution in [0.1, 0.15) is 29.2 Å². The molecular weight excluding hydrogens is 226 g/mol. The summed E-state index contributed by atoms with van der Waals surface area (Å²) < 4.78 is 4.84. The van der Waals surface area contributed by atoms with Crippen molar-refractivity contribution in [2.24, 2.45) is 0 Å². The minimum atomic E-state index is -0.314. The highest BCUT2D eigenvalue weighted by atomic mass is 35.5. The van der Waals surface area contributed by atoms with Crippen LogP contribution in [-0.4, -0.2) is 12.7 Å². The number of hydrogen-bond acceptors (Lipinski definition) is 2. The van der Waals surface area contributed by atoms with E-state index in [1.165, 1.54) is 16.7 Å². The zero-order valence-electron chi connectivity index (χ0n) is 9.45.